The Morgan fingerprint density at radius 3 is 2.59 bits per heavy atom. The fraction of sp³-hybridized carbons (Fsp3) is 0.478. The van der Waals surface area contributed by atoms with E-state index in [0.717, 1.165) is 41.7 Å². The number of aryl methyl sites for hydroxylation is 2. The molecule has 0 spiro atoms. The molecular formula is C23H32N2O2. The van der Waals surface area contributed by atoms with E-state index in [1.165, 1.54) is 11.1 Å². The Morgan fingerprint density at radius 2 is 1.96 bits per heavy atom. The van der Waals surface area contributed by atoms with Crippen LogP contribution in [-0.4, -0.2) is 18.2 Å². The third-order valence-corrected chi connectivity index (χ3v) is 5.04. The first-order valence-electron chi connectivity index (χ1n) is 9.63. The Balaban J connectivity index is 2.23. The van der Waals surface area contributed by atoms with E-state index in [4.69, 9.17) is 10.5 Å². The molecule has 1 aromatic rings. The smallest absolute Gasteiger partial charge is 0.119 e. The summed E-state index contributed by atoms with van der Waals surface area (Å²) < 4.78 is 5.88. The van der Waals surface area contributed by atoms with Crippen LogP contribution in [0, 0.1) is 18.8 Å². The fourth-order valence-electron chi connectivity index (χ4n) is 3.30. The zero-order valence-electron chi connectivity index (χ0n) is 17.0. The number of rotatable bonds is 6. The van der Waals surface area contributed by atoms with E-state index in [1.807, 2.05) is 13.8 Å². The summed E-state index contributed by atoms with van der Waals surface area (Å²) in [5.74, 6) is 0.822. The summed E-state index contributed by atoms with van der Waals surface area (Å²) in [5, 5.41) is 3.14. The van der Waals surface area contributed by atoms with Crippen LogP contribution in [-0.2, 0) is 0 Å². The molecule has 4 nitrogen and oxygen atoms in total. The van der Waals surface area contributed by atoms with Gasteiger partial charge in [-0.3, -0.25) is 0 Å². The molecule has 0 saturated heterocycles. The summed E-state index contributed by atoms with van der Waals surface area (Å²) in [7, 11) is 0. The van der Waals surface area contributed by atoms with Crippen molar-refractivity contribution in [2.45, 2.75) is 65.0 Å². The number of nitrogens with two attached hydrogens (primary N) is 1. The molecule has 0 saturated carbocycles. The number of allylic oxidation sites excluding steroid dienone is 4. The Kier molecular flexibility index (Phi) is 7.14. The number of nitrogens with zero attached hydrogens (tertiary/aromatic N) is 1. The van der Waals surface area contributed by atoms with Crippen LogP contribution >= 0.6 is 0 Å². The number of hydrogen-bond acceptors (Lipinski definition) is 4. The molecule has 1 aliphatic carbocycles. The van der Waals surface area contributed by atoms with E-state index in [9.17, 15) is 4.91 Å². The van der Waals surface area contributed by atoms with Crippen molar-refractivity contribution in [2.75, 3.05) is 6.61 Å². The monoisotopic (exact) mass is 368 g/mol. The Bertz CT molecular complexity index is 737. The molecule has 1 aromatic carbocycles. The average molecular weight is 369 g/mol. The molecule has 1 atom stereocenters. The van der Waals surface area contributed by atoms with Gasteiger partial charge in [0.1, 0.15) is 11.3 Å². The first-order chi connectivity index (χ1) is 12.7. The molecule has 0 aliphatic heterocycles. The second kappa shape index (κ2) is 9.14. The summed E-state index contributed by atoms with van der Waals surface area (Å²) in [5.41, 5.74) is 11.3. The molecule has 0 heterocycles. The lowest BCUT2D eigenvalue weighted by atomic mass is 9.88. The molecule has 27 heavy (non-hydrogen) atoms. The second-order valence-corrected chi connectivity index (χ2v) is 8.08. The van der Waals surface area contributed by atoms with Crippen molar-refractivity contribution in [3.05, 3.63) is 64.1 Å². The fourth-order valence-corrected chi connectivity index (χ4v) is 3.30. The van der Waals surface area contributed by atoms with Crippen molar-refractivity contribution >= 4 is 5.57 Å². The minimum absolute atomic E-state index is 0.189. The Hall–Kier alpha value is -2.20. The van der Waals surface area contributed by atoms with E-state index in [2.05, 4.69) is 56.0 Å². The van der Waals surface area contributed by atoms with Gasteiger partial charge in [-0.2, -0.15) is 4.91 Å². The molecule has 0 unspecified atom stereocenters. The van der Waals surface area contributed by atoms with Gasteiger partial charge in [0, 0.05) is 12.5 Å². The van der Waals surface area contributed by atoms with E-state index in [1.54, 1.807) is 0 Å². The van der Waals surface area contributed by atoms with Gasteiger partial charge in [0.05, 0.1) is 6.61 Å². The highest BCUT2D eigenvalue weighted by Crippen LogP contribution is 2.34. The predicted octanol–water partition coefficient (Wildman–Crippen LogP) is 5.62. The molecule has 0 fully saturated rings. The van der Waals surface area contributed by atoms with Gasteiger partial charge in [-0.05, 0) is 86.9 Å². The van der Waals surface area contributed by atoms with Crippen molar-refractivity contribution in [3.63, 3.8) is 0 Å². The lowest BCUT2D eigenvalue weighted by Crippen LogP contribution is -2.19. The number of ether oxygens (including phenoxy) is 1. The van der Waals surface area contributed by atoms with Crippen LogP contribution < -0.4 is 10.5 Å². The minimum Gasteiger partial charge on any atom is -0.493 e. The quantitative estimate of drug-likeness (QED) is 0.662. The largest absolute Gasteiger partial charge is 0.493 e. The van der Waals surface area contributed by atoms with Crippen LogP contribution in [0.5, 0.6) is 5.75 Å². The van der Waals surface area contributed by atoms with Crippen molar-refractivity contribution in [3.8, 4) is 5.75 Å². The van der Waals surface area contributed by atoms with Crippen LogP contribution in [0.3, 0.4) is 0 Å². The normalized spacial score (nSPS) is 19.5. The van der Waals surface area contributed by atoms with Gasteiger partial charge < -0.3 is 10.5 Å². The zero-order chi connectivity index (χ0) is 20.0. The van der Waals surface area contributed by atoms with Crippen LogP contribution in [0.4, 0.5) is 0 Å². The Morgan fingerprint density at radius 1 is 1.30 bits per heavy atom. The highest BCUT2D eigenvalue weighted by atomic mass is 16.5. The SMILES string of the molecule is C=C1CC[C@@H](N)C/C=C\C=C1c1c(C)cc(OCCC(C)(C)N=O)cc1C. The summed E-state index contributed by atoms with van der Waals surface area (Å²) in [6.07, 6.45) is 9.70. The van der Waals surface area contributed by atoms with Crippen molar-refractivity contribution in [2.24, 2.45) is 10.9 Å². The van der Waals surface area contributed by atoms with Gasteiger partial charge in [0.2, 0.25) is 0 Å². The lowest BCUT2D eigenvalue weighted by molar-refractivity contribution is 0.274. The van der Waals surface area contributed by atoms with Crippen molar-refractivity contribution in [1.82, 2.24) is 0 Å². The van der Waals surface area contributed by atoms with E-state index < -0.39 is 5.54 Å². The highest BCUT2D eigenvalue weighted by molar-refractivity contribution is 5.83. The number of hydrogen-bond donors (Lipinski definition) is 1. The lowest BCUT2D eigenvalue weighted by Gasteiger charge is -2.19. The van der Waals surface area contributed by atoms with Crippen LogP contribution in [0.25, 0.3) is 5.57 Å². The summed E-state index contributed by atoms with van der Waals surface area (Å²) in [4.78, 5) is 10.8. The third-order valence-electron chi connectivity index (χ3n) is 5.04. The standard InChI is InChI=1S/C23H32N2O2/c1-16-10-11-19(24)8-6-7-9-21(16)22-17(2)14-20(15-18(22)3)27-13-12-23(4,5)25-26/h6-7,9,14-15,19H,1,8,10-13,24H2,2-5H3/b7-6-,21-9?/t19-/m0/s1. The molecule has 146 valence electrons. The average Bonchev–Trinajstić information content (AvgIpc) is 2.67. The second-order valence-electron chi connectivity index (χ2n) is 8.08. The first-order valence-corrected chi connectivity index (χ1v) is 9.63. The van der Waals surface area contributed by atoms with Gasteiger partial charge >= 0.3 is 0 Å². The van der Waals surface area contributed by atoms with Crippen molar-refractivity contribution in [1.29, 1.82) is 0 Å². The molecule has 2 N–H and O–H groups in total. The molecule has 4 heteroatoms. The van der Waals surface area contributed by atoms with Gasteiger partial charge in [-0.15, -0.1) is 0 Å². The van der Waals surface area contributed by atoms with E-state index >= 15 is 0 Å². The summed E-state index contributed by atoms with van der Waals surface area (Å²) >= 11 is 0. The molecule has 2 rings (SSSR count). The van der Waals surface area contributed by atoms with Gasteiger partial charge in [-0.1, -0.05) is 30.0 Å². The predicted molar refractivity (Wildman–Crippen MR) is 114 cm³/mol. The van der Waals surface area contributed by atoms with E-state index in [0.29, 0.717) is 13.0 Å². The number of nitroso groups, excluding NO2 is 1. The Labute approximate surface area is 163 Å². The molecule has 0 aromatic heterocycles. The summed E-state index contributed by atoms with van der Waals surface area (Å²) in [6, 6.07) is 4.30. The van der Waals surface area contributed by atoms with Crippen LogP contribution in [0.2, 0.25) is 0 Å². The molecule has 0 radical (unpaired) electrons. The molecular weight excluding hydrogens is 336 g/mol. The maximum Gasteiger partial charge on any atom is 0.119 e. The van der Waals surface area contributed by atoms with Gasteiger partial charge in [0.15, 0.2) is 0 Å². The van der Waals surface area contributed by atoms with Crippen molar-refractivity contribution < 1.29 is 4.74 Å². The third kappa shape index (κ3) is 5.90. The van der Waals surface area contributed by atoms with Crippen LogP contribution in [0.15, 0.2) is 47.7 Å². The first kappa shape index (κ1) is 21.1. The van der Waals surface area contributed by atoms with E-state index in [-0.39, 0.29) is 6.04 Å². The molecule has 0 bridgehead atoms. The molecule has 1 aliphatic rings. The number of benzene rings is 1. The maximum absolute atomic E-state index is 10.8. The maximum atomic E-state index is 10.8. The molecule has 0 amide bonds. The zero-order valence-corrected chi connectivity index (χ0v) is 17.0. The topological polar surface area (TPSA) is 64.7 Å². The highest BCUT2D eigenvalue weighted by Gasteiger charge is 2.19. The summed E-state index contributed by atoms with van der Waals surface area (Å²) in [6.45, 7) is 12.6. The van der Waals surface area contributed by atoms with Gasteiger partial charge in [-0.25, -0.2) is 0 Å². The minimum atomic E-state index is -0.600. The van der Waals surface area contributed by atoms with Gasteiger partial charge in [0.25, 0.3) is 0 Å². The van der Waals surface area contributed by atoms with Crippen LogP contribution in [0.1, 0.15) is 56.2 Å².